The minimum Gasteiger partial charge on any atom is -0.486 e. The van der Waals surface area contributed by atoms with E-state index in [9.17, 15) is 71.5 Å². The van der Waals surface area contributed by atoms with Crippen LogP contribution in [0.2, 0.25) is 10.0 Å². The fourth-order valence-corrected chi connectivity index (χ4v) is 10.9. The molecule has 1 unspecified atom stereocenters. The van der Waals surface area contributed by atoms with Gasteiger partial charge in [-0.15, -0.1) is 11.3 Å². The van der Waals surface area contributed by atoms with Crippen molar-refractivity contribution in [2.45, 2.75) is 29.9 Å². The third kappa shape index (κ3) is 14.3. The largest absolute Gasteiger partial charge is 0.486 e. The van der Waals surface area contributed by atoms with E-state index in [0.29, 0.717) is 17.4 Å². The Labute approximate surface area is 403 Å². The number of carbonyl (C=O) groups excluding carboxylic acids is 2. The van der Waals surface area contributed by atoms with E-state index in [4.69, 9.17) is 42.5 Å². The van der Waals surface area contributed by atoms with Crippen molar-refractivity contribution in [2.75, 3.05) is 32.6 Å². The molecule has 0 aliphatic rings. The highest BCUT2D eigenvalue weighted by molar-refractivity contribution is 7.92. The van der Waals surface area contributed by atoms with Crippen molar-refractivity contribution in [1.29, 1.82) is 5.26 Å². The molecule has 0 radical (unpaired) electrons. The molecule has 0 saturated heterocycles. The van der Waals surface area contributed by atoms with Crippen LogP contribution >= 0.6 is 42.1 Å². The summed E-state index contributed by atoms with van der Waals surface area (Å²) in [5.41, 5.74) is 0.200. The second kappa shape index (κ2) is 23.0. The topological polar surface area (TPSA) is 342 Å². The highest BCUT2D eigenvalue weighted by Gasteiger charge is 2.30. The summed E-state index contributed by atoms with van der Waals surface area (Å²) in [4.78, 5) is 81.9. The molecule has 5 aromatic rings. The number of nitriles is 1. The molecule has 0 aliphatic heterocycles. The zero-order valence-corrected chi connectivity index (χ0v) is 39.2. The van der Waals surface area contributed by atoms with Gasteiger partial charge in [-0.1, -0.05) is 35.3 Å². The van der Waals surface area contributed by atoms with E-state index in [1.54, 1.807) is 6.07 Å². The minimum absolute atomic E-state index is 0.00327. The van der Waals surface area contributed by atoms with Crippen LogP contribution in [-0.2, 0) is 59.4 Å². The van der Waals surface area contributed by atoms with E-state index in [2.05, 4.69) is 10.6 Å². The second-order valence-corrected chi connectivity index (χ2v) is 19.9. The minimum atomic E-state index is -4.84. The Balaban J connectivity index is 1.37. The number of hydrogen-bond acceptors (Lipinski definition) is 14. The average Bonchev–Trinajstić information content (AvgIpc) is 3.73. The second-order valence-electron chi connectivity index (χ2n) is 14.3. The van der Waals surface area contributed by atoms with Gasteiger partial charge in [-0.2, -0.15) is 9.98 Å². The van der Waals surface area contributed by atoms with Crippen LogP contribution in [0.1, 0.15) is 48.5 Å². The van der Waals surface area contributed by atoms with Crippen molar-refractivity contribution in [2.24, 2.45) is 0 Å². The van der Waals surface area contributed by atoms with Crippen LogP contribution in [0, 0.1) is 17.1 Å². The fraction of sp³-hybridized carbons (Fsp3) is 0.214. The number of benzene rings is 4. The van der Waals surface area contributed by atoms with Crippen LogP contribution in [-0.4, -0.2) is 102 Å². The maximum absolute atomic E-state index is 14.1. The first-order chi connectivity index (χ1) is 32.5. The molecule has 1 aromatic heterocycles. The summed E-state index contributed by atoms with van der Waals surface area (Å²) in [6.45, 7) is -1.20. The lowest BCUT2D eigenvalue weighted by atomic mass is 9.98. The molecule has 0 spiro atoms. The summed E-state index contributed by atoms with van der Waals surface area (Å²) in [5.74, 6) is -8.43. The summed E-state index contributed by atoms with van der Waals surface area (Å²) >= 11 is 14.1. The normalized spacial score (nSPS) is 12.0. The van der Waals surface area contributed by atoms with Crippen LogP contribution in [0.3, 0.4) is 0 Å². The van der Waals surface area contributed by atoms with Crippen LogP contribution in [0.4, 0.5) is 4.39 Å². The van der Waals surface area contributed by atoms with E-state index in [1.165, 1.54) is 36.4 Å². The Kier molecular flexibility index (Phi) is 17.7. The number of nitrogens with one attached hydrogen (secondary N) is 3. The lowest BCUT2D eigenvalue weighted by molar-refractivity contribution is -0.137. The number of carbonyl (C=O) groups is 6. The maximum Gasteiger partial charge on any atom is 0.391 e. The number of aliphatic carboxylic acids is 4. The molecular formula is C42H36Cl2FN4O17PS2. The van der Waals surface area contributed by atoms with E-state index in [1.807, 2.05) is 4.72 Å². The van der Waals surface area contributed by atoms with Gasteiger partial charge >= 0.3 is 31.5 Å². The predicted molar refractivity (Wildman–Crippen MR) is 243 cm³/mol. The Hall–Kier alpha value is -6.84. The standard InChI is InChI=1S/C42H36Cl2FN4O17PS2/c43-36-29-18-35(69(62,63)49-20-67(60,61)66-28-6-5-25(19-46)30(45)17-28)68-40(29)37(44)39(65-10-8-48-42(59)24-4-2-22(14-32(52)53)27(12-24)16-34(56)57)38(36)64-9-7-47-41(58)23-3-1-21(13-31(50)51)26(11-23)15-33(54)55/h1-6,11-12,17-18,49H,7-10,13-16,20H2,(H,47,58)(H,48,59)(H,50,51)(H,52,53)(H,54,55)(H,56,57)(H,60,61). The van der Waals surface area contributed by atoms with Gasteiger partial charge in [-0.3, -0.25) is 28.8 Å². The van der Waals surface area contributed by atoms with Gasteiger partial charge in [0.2, 0.25) is 0 Å². The van der Waals surface area contributed by atoms with Crippen LogP contribution in [0.15, 0.2) is 64.9 Å². The number of thiophene rings is 1. The molecular weight excluding hydrogens is 1020 g/mol. The van der Waals surface area contributed by atoms with Crippen molar-refractivity contribution in [3.05, 3.63) is 115 Å². The van der Waals surface area contributed by atoms with Crippen LogP contribution < -0.4 is 29.4 Å². The van der Waals surface area contributed by atoms with E-state index in [-0.39, 0.29) is 96.9 Å². The summed E-state index contributed by atoms with van der Waals surface area (Å²) in [6, 6.07) is 13.0. The van der Waals surface area contributed by atoms with Crippen LogP contribution in [0.25, 0.3) is 10.1 Å². The van der Waals surface area contributed by atoms with Crippen molar-refractivity contribution in [3.63, 3.8) is 0 Å². The molecule has 364 valence electrons. The van der Waals surface area contributed by atoms with E-state index >= 15 is 0 Å². The predicted octanol–water partition coefficient (Wildman–Crippen LogP) is 4.85. The molecule has 1 atom stereocenters. The highest BCUT2D eigenvalue weighted by atomic mass is 35.5. The van der Waals surface area contributed by atoms with Gasteiger partial charge in [0.25, 0.3) is 21.8 Å². The third-order valence-corrected chi connectivity index (χ3v) is 14.5. The summed E-state index contributed by atoms with van der Waals surface area (Å²) in [7, 11) is -9.49. The molecule has 0 aliphatic carbocycles. The first kappa shape index (κ1) is 53.1. The molecule has 4 aromatic carbocycles. The molecule has 2 amide bonds. The van der Waals surface area contributed by atoms with Crippen molar-refractivity contribution in [1.82, 2.24) is 15.4 Å². The number of nitrogens with zero attached hydrogens (tertiary/aromatic N) is 1. The van der Waals surface area contributed by atoms with E-state index < -0.39 is 101 Å². The molecule has 21 nitrogen and oxygen atoms in total. The molecule has 0 fully saturated rings. The summed E-state index contributed by atoms with van der Waals surface area (Å²) in [5, 5.41) is 50.5. The number of hydrogen-bond donors (Lipinski definition) is 8. The molecule has 1 heterocycles. The SMILES string of the molecule is N#Cc1ccc(OP(=O)(O)CNS(=O)(=O)c2cc3c(Cl)c(OCCNC(=O)c4ccc(CC(=O)O)c(CC(=O)O)c4)c(OCCNC(=O)c4ccc(CC(=O)O)c(CC(=O)O)c4)c(Cl)c3s2)cc1F. The van der Waals surface area contributed by atoms with Gasteiger partial charge in [0.1, 0.15) is 46.4 Å². The number of amides is 2. The number of sulfonamides is 1. The van der Waals surface area contributed by atoms with Gasteiger partial charge < -0.3 is 50.0 Å². The van der Waals surface area contributed by atoms with Crippen LogP contribution in [0.5, 0.6) is 17.2 Å². The lowest BCUT2D eigenvalue weighted by Crippen LogP contribution is -2.29. The van der Waals surface area contributed by atoms with E-state index in [0.717, 1.165) is 18.2 Å². The molecule has 0 saturated carbocycles. The number of rotatable bonds is 24. The number of halogens is 3. The fourth-order valence-electron chi connectivity index (χ4n) is 6.29. The molecule has 0 bridgehead atoms. The Bertz CT molecular complexity index is 2950. The number of fused-ring (bicyclic) bond motifs is 1. The number of carboxylic acid groups (broad SMARTS) is 4. The highest BCUT2D eigenvalue weighted by Crippen LogP contribution is 2.51. The summed E-state index contributed by atoms with van der Waals surface area (Å²) in [6.07, 6.45) is -3.29. The zero-order valence-electron chi connectivity index (χ0n) is 35.1. The molecule has 8 N–H and O–H groups in total. The monoisotopic (exact) mass is 1050 g/mol. The van der Waals surface area contributed by atoms with Gasteiger partial charge in [-0.25, -0.2) is 17.4 Å². The van der Waals surface area contributed by atoms with Crippen molar-refractivity contribution in [3.8, 4) is 23.3 Å². The quantitative estimate of drug-likeness (QED) is 0.0302. The van der Waals surface area contributed by atoms with Gasteiger partial charge in [0.15, 0.2) is 11.5 Å². The average molecular weight is 1050 g/mol. The van der Waals surface area contributed by atoms with Crippen molar-refractivity contribution < 1.29 is 85.5 Å². The Morgan fingerprint density at radius 2 is 1.19 bits per heavy atom. The zero-order chi connectivity index (χ0) is 50.8. The molecule has 69 heavy (non-hydrogen) atoms. The van der Waals surface area contributed by atoms with Gasteiger partial charge in [-0.05, 0) is 64.7 Å². The van der Waals surface area contributed by atoms with Gasteiger partial charge in [0.05, 0.1) is 54.1 Å². The Morgan fingerprint density at radius 3 is 1.65 bits per heavy atom. The molecule has 27 heteroatoms. The number of ether oxygens (including phenoxy) is 2. The first-order valence-electron chi connectivity index (χ1n) is 19.6. The number of carboxylic acids is 4. The summed E-state index contributed by atoms with van der Waals surface area (Å²) < 4.78 is 72.0. The Morgan fingerprint density at radius 1 is 0.710 bits per heavy atom. The van der Waals surface area contributed by atoms with Gasteiger partial charge in [0, 0.05) is 22.6 Å². The molecule has 5 rings (SSSR count). The lowest BCUT2D eigenvalue weighted by Gasteiger charge is -2.17. The first-order valence-corrected chi connectivity index (χ1v) is 24.4. The smallest absolute Gasteiger partial charge is 0.391 e. The maximum atomic E-state index is 14.1. The third-order valence-electron chi connectivity index (χ3n) is 9.35. The van der Waals surface area contributed by atoms with Crippen molar-refractivity contribution >= 4 is 97.9 Å².